The molecule has 0 fully saturated rings. The van der Waals surface area contributed by atoms with E-state index < -0.39 is 0 Å². The number of hydrogen-bond acceptors (Lipinski definition) is 4. The Kier molecular flexibility index (Phi) is 4.93. The fourth-order valence-corrected chi connectivity index (χ4v) is 2.64. The van der Waals surface area contributed by atoms with E-state index in [4.69, 9.17) is 0 Å². The average molecular weight is 276 g/mol. The summed E-state index contributed by atoms with van der Waals surface area (Å²) < 4.78 is 0. The Morgan fingerprint density at radius 3 is 2.68 bits per heavy atom. The number of nitrogens with zero attached hydrogens (tertiary/aromatic N) is 1. The predicted molar refractivity (Wildman–Crippen MR) is 79.6 cm³/mol. The number of phenolic OH excluding ortho intramolecular Hbond substituents is 1. The van der Waals surface area contributed by atoms with Crippen LogP contribution in [0.25, 0.3) is 0 Å². The molecule has 0 aliphatic heterocycles. The van der Waals surface area contributed by atoms with Gasteiger partial charge in [-0.2, -0.15) is 0 Å². The van der Waals surface area contributed by atoms with Crippen LogP contribution in [0, 0.1) is 6.92 Å². The maximum absolute atomic E-state index is 9.23. The van der Waals surface area contributed by atoms with Crippen molar-refractivity contribution in [2.75, 3.05) is 0 Å². The summed E-state index contributed by atoms with van der Waals surface area (Å²) in [5.74, 6) is 0.329. The molecule has 1 heterocycles. The van der Waals surface area contributed by atoms with Crippen LogP contribution in [0.3, 0.4) is 0 Å². The highest BCUT2D eigenvalue weighted by molar-refractivity contribution is 7.09. The Balaban J connectivity index is 1.74. The van der Waals surface area contributed by atoms with Crippen LogP contribution in [0.15, 0.2) is 29.8 Å². The Bertz CT molecular complexity index is 507. The Morgan fingerprint density at radius 2 is 2.05 bits per heavy atom. The molecule has 4 heteroatoms. The Labute approximate surface area is 118 Å². The van der Waals surface area contributed by atoms with Crippen LogP contribution in [0.1, 0.15) is 29.5 Å². The summed E-state index contributed by atoms with van der Waals surface area (Å²) in [7, 11) is 0. The van der Waals surface area contributed by atoms with E-state index >= 15 is 0 Å². The first kappa shape index (κ1) is 14.0. The zero-order chi connectivity index (χ0) is 13.7. The van der Waals surface area contributed by atoms with Crippen LogP contribution in [-0.4, -0.2) is 16.1 Å². The topological polar surface area (TPSA) is 45.2 Å². The zero-order valence-electron chi connectivity index (χ0n) is 11.4. The number of aryl methyl sites for hydroxylation is 2. The van der Waals surface area contributed by atoms with Crippen LogP contribution >= 0.6 is 11.3 Å². The van der Waals surface area contributed by atoms with E-state index in [-0.39, 0.29) is 0 Å². The van der Waals surface area contributed by atoms with Crippen molar-refractivity contribution in [2.24, 2.45) is 0 Å². The van der Waals surface area contributed by atoms with E-state index in [1.54, 1.807) is 23.5 Å². The van der Waals surface area contributed by atoms with Gasteiger partial charge in [-0.3, -0.25) is 0 Å². The van der Waals surface area contributed by atoms with Crippen molar-refractivity contribution in [3.05, 3.63) is 45.9 Å². The lowest BCUT2D eigenvalue weighted by atomic mass is 10.1. The number of aromatic nitrogens is 1. The summed E-state index contributed by atoms with van der Waals surface area (Å²) in [6.07, 6.45) is 2.11. The number of rotatable bonds is 6. The van der Waals surface area contributed by atoms with Crippen molar-refractivity contribution in [3.8, 4) is 5.75 Å². The SMILES string of the molecule is Cc1ncsc1CNC(C)CCc1ccc(O)cc1. The smallest absolute Gasteiger partial charge is 0.115 e. The first-order valence-electron chi connectivity index (χ1n) is 6.55. The van der Waals surface area contributed by atoms with Crippen molar-refractivity contribution < 1.29 is 5.11 Å². The molecule has 1 unspecified atom stereocenters. The van der Waals surface area contributed by atoms with Gasteiger partial charge in [-0.25, -0.2) is 4.98 Å². The van der Waals surface area contributed by atoms with Crippen molar-refractivity contribution >= 4 is 11.3 Å². The fourth-order valence-electron chi connectivity index (χ4n) is 1.91. The average Bonchev–Trinajstić information content (AvgIpc) is 2.81. The highest BCUT2D eigenvalue weighted by Crippen LogP contribution is 2.14. The van der Waals surface area contributed by atoms with Gasteiger partial charge in [0.2, 0.25) is 0 Å². The summed E-state index contributed by atoms with van der Waals surface area (Å²) in [4.78, 5) is 5.57. The van der Waals surface area contributed by atoms with Crippen LogP contribution < -0.4 is 5.32 Å². The number of nitrogens with one attached hydrogen (secondary N) is 1. The van der Waals surface area contributed by atoms with Crippen LogP contribution in [-0.2, 0) is 13.0 Å². The van der Waals surface area contributed by atoms with Gasteiger partial charge in [-0.05, 0) is 44.4 Å². The maximum atomic E-state index is 9.23. The van der Waals surface area contributed by atoms with Crippen molar-refractivity contribution in [1.29, 1.82) is 0 Å². The van der Waals surface area contributed by atoms with Crippen molar-refractivity contribution in [1.82, 2.24) is 10.3 Å². The summed E-state index contributed by atoms with van der Waals surface area (Å²) >= 11 is 1.71. The van der Waals surface area contributed by atoms with E-state index in [2.05, 4.69) is 24.1 Å². The summed E-state index contributed by atoms with van der Waals surface area (Å²) in [5, 5.41) is 12.8. The fraction of sp³-hybridized carbons (Fsp3) is 0.400. The monoisotopic (exact) mass is 276 g/mol. The lowest BCUT2D eigenvalue weighted by Crippen LogP contribution is -2.25. The molecular weight excluding hydrogens is 256 g/mol. The second kappa shape index (κ2) is 6.68. The molecule has 0 aliphatic rings. The molecule has 2 N–H and O–H groups in total. The molecule has 0 spiro atoms. The van der Waals surface area contributed by atoms with E-state index in [9.17, 15) is 5.11 Å². The molecule has 1 atom stereocenters. The maximum Gasteiger partial charge on any atom is 0.115 e. The van der Waals surface area contributed by atoms with Crippen molar-refractivity contribution in [3.63, 3.8) is 0 Å². The van der Waals surface area contributed by atoms with E-state index in [1.807, 2.05) is 17.6 Å². The summed E-state index contributed by atoms with van der Waals surface area (Å²) in [5.41, 5.74) is 4.29. The molecule has 0 radical (unpaired) electrons. The Hall–Kier alpha value is -1.39. The van der Waals surface area contributed by atoms with Gasteiger partial charge < -0.3 is 10.4 Å². The van der Waals surface area contributed by atoms with E-state index in [1.165, 1.54) is 10.4 Å². The molecule has 0 saturated carbocycles. The third-order valence-electron chi connectivity index (χ3n) is 3.26. The van der Waals surface area contributed by atoms with Gasteiger partial charge in [0.25, 0.3) is 0 Å². The second-order valence-corrected chi connectivity index (χ2v) is 5.79. The minimum absolute atomic E-state index is 0.329. The highest BCUT2D eigenvalue weighted by atomic mass is 32.1. The molecule has 0 saturated heterocycles. The third-order valence-corrected chi connectivity index (χ3v) is 4.19. The molecule has 1 aromatic heterocycles. The van der Waals surface area contributed by atoms with Gasteiger partial charge >= 0.3 is 0 Å². The van der Waals surface area contributed by atoms with Crippen LogP contribution in [0.2, 0.25) is 0 Å². The number of benzene rings is 1. The molecule has 0 amide bonds. The minimum Gasteiger partial charge on any atom is -0.508 e. The van der Waals surface area contributed by atoms with Gasteiger partial charge in [-0.1, -0.05) is 12.1 Å². The number of aromatic hydroxyl groups is 1. The standard InChI is InChI=1S/C15H20N2OS/c1-11(16-9-15-12(2)17-10-19-15)3-4-13-5-7-14(18)8-6-13/h5-8,10-11,16,18H,3-4,9H2,1-2H3. The molecular formula is C15H20N2OS. The molecule has 2 rings (SSSR count). The van der Waals surface area contributed by atoms with Crippen LogP contribution in [0.4, 0.5) is 0 Å². The molecule has 0 aliphatic carbocycles. The predicted octanol–water partition coefficient (Wildman–Crippen LogP) is 3.27. The molecule has 3 nitrogen and oxygen atoms in total. The molecule has 102 valence electrons. The number of thiazole rings is 1. The quantitative estimate of drug-likeness (QED) is 0.851. The van der Waals surface area contributed by atoms with E-state index in [0.29, 0.717) is 11.8 Å². The third kappa shape index (κ3) is 4.33. The minimum atomic E-state index is 0.329. The van der Waals surface area contributed by atoms with Gasteiger partial charge in [0.15, 0.2) is 0 Å². The first-order valence-corrected chi connectivity index (χ1v) is 7.43. The van der Waals surface area contributed by atoms with Crippen LogP contribution in [0.5, 0.6) is 5.75 Å². The normalized spacial score (nSPS) is 12.5. The number of hydrogen-bond donors (Lipinski definition) is 2. The van der Waals surface area contributed by atoms with Gasteiger partial charge in [0.05, 0.1) is 11.2 Å². The Morgan fingerprint density at radius 1 is 1.32 bits per heavy atom. The summed E-state index contributed by atoms with van der Waals surface area (Å²) in [6, 6.07) is 7.92. The van der Waals surface area contributed by atoms with Gasteiger partial charge in [0.1, 0.15) is 5.75 Å². The van der Waals surface area contributed by atoms with Gasteiger partial charge in [0, 0.05) is 17.5 Å². The second-order valence-electron chi connectivity index (χ2n) is 4.85. The summed E-state index contributed by atoms with van der Waals surface area (Å²) in [6.45, 7) is 5.15. The first-order chi connectivity index (χ1) is 9.15. The van der Waals surface area contributed by atoms with Crippen molar-refractivity contribution in [2.45, 2.75) is 39.3 Å². The number of phenols is 1. The lowest BCUT2D eigenvalue weighted by Gasteiger charge is -2.13. The molecule has 2 aromatic rings. The van der Waals surface area contributed by atoms with E-state index in [0.717, 1.165) is 25.1 Å². The highest BCUT2D eigenvalue weighted by Gasteiger charge is 2.05. The molecule has 1 aromatic carbocycles. The zero-order valence-corrected chi connectivity index (χ0v) is 12.2. The van der Waals surface area contributed by atoms with Gasteiger partial charge in [-0.15, -0.1) is 11.3 Å². The molecule has 0 bridgehead atoms. The lowest BCUT2D eigenvalue weighted by molar-refractivity contribution is 0.474. The largest absolute Gasteiger partial charge is 0.508 e. The molecule has 19 heavy (non-hydrogen) atoms.